The van der Waals surface area contributed by atoms with E-state index >= 15 is 0 Å². The van der Waals surface area contributed by atoms with E-state index in [2.05, 4.69) is 4.98 Å². The van der Waals surface area contributed by atoms with Crippen molar-refractivity contribution in [3.8, 4) is 11.5 Å². The number of aromatic hydroxyl groups is 1. The van der Waals surface area contributed by atoms with Gasteiger partial charge in [-0.15, -0.1) is 0 Å². The van der Waals surface area contributed by atoms with Gasteiger partial charge in [-0.3, -0.25) is 0 Å². The first-order valence-corrected chi connectivity index (χ1v) is 8.69. The van der Waals surface area contributed by atoms with Gasteiger partial charge in [0.15, 0.2) is 11.5 Å². The molecule has 8 nitrogen and oxygen atoms in total. The van der Waals surface area contributed by atoms with E-state index in [9.17, 15) is 15.2 Å². The van der Waals surface area contributed by atoms with Crippen LogP contribution in [0.2, 0.25) is 0 Å². The third-order valence-corrected chi connectivity index (χ3v) is 5.01. The third kappa shape index (κ3) is 2.76. The second-order valence-corrected chi connectivity index (χ2v) is 6.81. The number of hydrogen-bond acceptors (Lipinski definition) is 7. The van der Waals surface area contributed by atoms with E-state index in [1.807, 2.05) is 4.90 Å². The van der Waals surface area contributed by atoms with Crippen molar-refractivity contribution in [2.75, 3.05) is 12.0 Å². The molecule has 3 aromatic rings. The number of thiazole rings is 1. The molecule has 0 spiro atoms. The number of ether oxygens (including phenoxy) is 1. The van der Waals surface area contributed by atoms with Crippen molar-refractivity contribution in [1.82, 2.24) is 9.38 Å². The lowest BCUT2D eigenvalue weighted by molar-refractivity contribution is -0.389. The summed E-state index contributed by atoms with van der Waals surface area (Å²) < 4.78 is 6.67. The fourth-order valence-corrected chi connectivity index (χ4v) is 3.61. The highest BCUT2D eigenvalue weighted by Gasteiger charge is 2.36. The van der Waals surface area contributed by atoms with Gasteiger partial charge in [0.2, 0.25) is 5.82 Å². The van der Waals surface area contributed by atoms with E-state index in [0.29, 0.717) is 23.1 Å². The van der Waals surface area contributed by atoms with Crippen LogP contribution in [0, 0.1) is 10.1 Å². The topological polar surface area (TPSA) is 93.1 Å². The van der Waals surface area contributed by atoms with Crippen molar-refractivity contribution >= 4 is 27.9 Å². The van der Waals surface area contributed by atoms with Gasteiger partial charge in [0, 0.05) is 18.0 Å². The highest BCUT2D eigenvalue weighted by molar-refractivity contribution is 7.15. The Morgan fingerprint density at radius 2 is 2.32 bits per heavy atom. The summed E-state index contributed by atoms with van der Waals surface area (Å²) in [7, 11) is 1.49. The maximum atomic E-state index is 11.6. The molecule has 0 unspecified atom stereocenters. The minimum Gasteiger partial charge on any atom is -0.504 e. The highest BCUT2D eigenvalue weighted by Crippen LogP contribution is 2.39. The van der Waals surface area contributed by atoms with E-state index in [4.69, 9.17) is 4.74 Å². The normalized spacial score (nSPS) is 14.0. The standard InChI is InChI=1S/C16H16N4O4S/c1-24-13-8-10(2-5-12(13)21)9-19(11-3-4-11)14-15(20(22)23)18-6-7-25-16(18)17-14/h2,5-8,11,21H,3-4,9H2,1H3. The minimum absolute atomic E-state index is 0.00565. The van der Waals surface area contributed by atoms with Gasteiger partial charge in [0.1, 0.15) is 6.20 Å². The largest absolute Gasteiger partial charge is 0.504 e. The van der Waals surface area contributed by atoms with Crippen LogP contribution < -0.4 is 9.64 Å². The third-order valence-electron chi connectivity index (χ3n) is 4.25. The van der Waals surface area contributed by atoms with E-state index in [1.165, 1.54) is 22.8 Å². The molecule has 1 aliphatic rings. The Bertz CT molecular complexity index is 947. The number of nitrogens with zero attached hydrogens (tertiary/aromatic N) is 4. The van der Waals surface area contributed by atoms with E-state index in [-0.39, 0.29) is 22.5 Å². The molecule has 0 saturated heterocycles. The molecule has 1 aliphatic carbocycles. The lowest BCUT2D eigenvalue weighted by Crippen LogP contribution is -2.26. The zero-order valence-corrected chi connectivity index (χ0v) is 14.3. The number of nitro groups is 1. The van der Waals surface area contributed by atoms with Gasteiger partial charge < -0.3 is 24.9 Å². The predicted octanol–water partition coefficient (Wildman–Crippen LogP) is 3.19. The molecule has 1 fully saturated rings. The molecule has 4 rings (SSSR count). The number of hydrogen-bond donors (Lipinski definition) is 1. The average molecular weight is 360 g/mol. The lowest BCUT2D eigenvalue weighted by Gasteiger charge is -2.22. The Hall–Kier alpha value is -2.81. The summed E-state index contributed by atoms with van der Waals surface area (Å²) >= 11 is 1.37. The second-order valence-electron chi connectivity index (χ2n) is 5.94. The Balaban J connectivity index is 1.74. The molecular weight excluding hydrogens is 344 g/mol. The average Bonchev–Trinajstić information content (AvgIpc) is 3.21. The zero-order valence-electron chi connectivity index (χ0n) is 13.5. The van der Waals surface area contributed by atoms with Crippen LogP contribution in [-0.4, -0.2) is 32.6 Å². The molecule has 9 heteroatoms. The van der Waals surface area contributed by atoms with Crippen LogP contribution in [0.3, 0.4) is 0 Å². The van der Waals surface area contributed by atoms with Crippen molar-refractivity contribution < 1.29 is 14.8 Å². The van der Waals surface area contributed by atoms with Crippen LogP contribution in [-0.2, 0) is 6.54 Å². The maximum absolute atomic E-state index is 11.6. The molecule has 130 valence electrons. The molecular formula is C16H16N4O4S. The summed E-state index contributed by atoms with van der Waals surface area (Å²) in [6.45, 7) is 0.465. The Labute approximate surface area is 147 Å². The molecule has 2 heterocycles. The second kappa shape index (κ2) is 5.92. The van der Waals surface area contributed by atoms with Crippen LogP contribution in [0.4, 0.5) is 11.6 Å². The van der Waals surface area contributed by atoms with Crippen LogP contribution in [0.15, 0.2) is 29.8 Å². The highest BCUT2D eigenvalue weighted by atomic mass is 32.1. The van der Waals surface area contributed by atoms with Gasteiger partial charge in [0.25, 0.3) is 4.96 Å². The van der Waals surface area contributed by atoms with E-state index < -0.39 is 0 Å². The first kappa shape index (κ1) is 15.7. The van der Waals surface area contributed by atoms with Gasteiger partial charge in [-0.2, -0.15) is 9.38 Å². The number of phenols is 1. The number of aromatic nitrogens is 2. The number of benzene rings is 1. The summed E-state index contributed by atoms with van der Waals surface area (Å²) in [5.41, 5.74) is 0.896. The Morgan fingerprint density at radius 3 is 3.00 bits per heavy atom. The smallest absolute Gasteiger partial charge is 0.373 e. The molecule has 0 atom stereocenters. The molecule has 0 bridgehead atoms. The summed E-state index contributed by atoms with van der Waals surface area (Å²) in [6.07, 6.45) is 3.64. The number of anilines is 1. The molecule has 2 aromatic heterocycles. The Morgan fingerprint density at radius 1 is 1.52 bits per heavy atom. The Kier molecular flexibility index (Phi) is 3.72. The molecule has 0 radical (unpaired) electrons. The van der Waals surface area contributed by atoms with Crippen molar-refractivity contribution in [2.45, 2.75) is 25.4 Å². The van der Waals surface area contributed by atoms with Crippen LogP contribution in [0.5, 0.6) is 11.5 Å². The van der Waals surface area contributed by atoms with Crippen LogP contribution >= 0.6 is 11.3 Å². The molecule has 0 amide bonds. The van der Waals surface area contributed by atoms with Gasteiger partial charge >= 0.3 is 5.82 Å². The predicted molar refractivity (Wildman–Crippen MR) is 93.6 cm³/mol. The number of imidazole rings is 1. The molecule has 1 aromatic carbocycles. The van der Waals surface area contributed by atoms with Crippen LogP contribution in [0.1, 0.15) is 18.4 Å². The molecule has 1 saturated carbocycles. The van der Waals surface area contributed by atoms with Crippen LogP contribution in [0.25, 0.3) is 4.96 Å². The van der Waals surface area contributed by atoms with E-state index in [0.717, 1.165) is 18.4 Å². The fourth-order valence-electron chi connectivity index (χ4n) is 2.90. The number of fused-ring (bicyclic) bond motifs is 1. The summed E-state index contributed by atoms with van der Waals surface area (Å²) in [5.74, 6) is 0.839. The summed E-state index contributed by atoms with van der Waals surface area (Å²) in [4.78, 5) is 18.3. The first-order chi connectivity index (χ1) is 12.1. The van der Waals surface area contributed by atoms with Crippen molar-refractivity contribution in [3.63, 3.8) is 0 Å². The van der Waals surface area contributed by atoms with Gasteiger partial charge in [-0.1, -0.05) is 17.4 Å². The van der Waals surface area contributed by atoms with Gasteiger partial charge in [-0.25, -0.2) is 0 Å². The van der Waals surface area contributed by atoms with Crippen molar-refractivity contribution in [2.24, 2.45) is 0 Å². The minimum atomic E-state index is -0.380. The summed E-state index contributed by atoms with van der Waals surface area (Å²) in [5, 5.41) is 23.1. The number of methoxy groups -OCH3 is 1. The van der Waals surface area contributed by atoms with Crippen molar-refractivity contribution in [1.29, 1.82) is 0 Å². The fraction of sp³-hybridized carbons (Fsp3) is 0.312. The monoisotopic (exact) mass is 360 g/mol. The van der Waals surface area contributed by atoms with Crippen molar-refractivity contribution in [3.05, 3.63) is 45.5 Å². The SMILES string of the molecule is COc1cc(CN(c2nc3sccn3c2[N+](=O)[O-])C2CC2)ccc1O. The molecule has 1 N–H and O–H groups in total. The van der Waals surface area contributed by atoms with Gasteiger partial charge in [-0.05, 0) is 35.5 Å². The van der Waals surface area contributed by atoms with Gasteiger partial charge in [0.05, 0.1) is 7.11 Å². The summed E-state index contributed by atoms with van der Waals surface area (Å²) in [6, 6.07) is 5.34. The quantitative estimate of drug-likeness (QED) is 0.536. The van der Waals surface area contributed by atoms with E-state index in [1.54, 1.807) is 29.8 Å². The molecule has 25 heavy (non-hydrogen) atoms. The molecule has 0 aliphatic heterocycles. The maximum Gasteiger partial charge on any atom is 0.373 e. The lowest BCUT2D eigenvalue weighted by atomic mass is 10.2. The number of rotatable bonds is 6. The zero-order chi connectivity index (χ0) is 17.6. The first-order valence-electron chi connectivity index (χ1n) is 7.81. The number of phenolic OH excluding ortho intramolecular Hbond substituents is 1.